The second kappa shape index (κ2) is 7.82. The van der Waals surface area contributed by atoms with Crippen LogP contribution in [0.25, 0.3) is 0 Å². The smallest absolute Gasteiger partial charge is 0.242 e. The van der Waals surface area contributed by atoms with Crippen LogP contribution in [0.15, 0.2) is 24.3 Å². The minimum Gasteiger partial charge on any atom is -0.369 e. The quantitative estimate of drug-likeness (QED) is 0.842. The largest absolute Gasteiger partial charge is 0.369 e. The fourth-order valence-corrected chi connectivity index (χ4v) is 3.39. The molecule has 2 atom stereocenters. The van der Waals surface area contributed by atoms with E-state index in [9.17, 15) is 14.0 Å². The summed E-state index contributed by atoms with van der Waals surface area (Å²) in [6, 6.07) is 5.81. The van der Waals surface area contributed by atoms with Gasteiger partial charge in [0.2, 0.25) is 11.8 Å². The maximum absolute atomic E-state index is 13.0. The van der Waals surface area contributed by atoms with E-state index in [1.807, 2.05) is 6.92 Å². The van der Waals surface area contributed by atoms with Crippen LogP contribution >= 0.6 is 0 Å². The van der Waals surface area contributed by atoms with E-state index in [0.717, 1.165) is 38.3 Å². The second-order valence-corrected chi connectivity index (χ2v) is 6.67. The van der Waals surface area contributed by atoms with Crippen LogP contribution in [0.1, 0.15) is 19.8 Å². The summed E-state index contributed by atoms with van der Waals surface area (Å²) in [7, 11) is 0. The predicted octanol–water partition coefficient (Wildman–Crippen LogP) is 0.731. The summed E-state index contributed by atoms with van der Waals surface area (Å²) in [5.74, 6) is -0.426. The third-order valence-corrected chi connectivity index (χ3v) is 5.03. The van der Waals surface area contributed by atoms with Gasteiger partial charge >= 0.3 is 0 Å². The van der Waals surface area contributed by atoms with E-state index in [4.69, 9.17) is 0 Å². The highest BCUT2D eigenvalue weighted by atomic mass is 19.1. The van der Waals surface area contributed by atoms with Gasteiger partial charge in [-0.15, -0.1) is 0 Å². The monoisotopic (exact) mass is 348 g/mol. The molecule has 7 heteroatoms. The number of benzene rings is 1. The van der Waals surface area contributed by atoms with Gasteiger partial charge in [-0.1, -0.05) is 0 Å². The predicted molar refractivity (Wildman–Crippen MR) is 93.8 cm³/mol. The average Bonchev–Trinajstić information content (AvgIpc) is 2.64. The van der Waals surface area contributed by atoms with E-state index in [1.54, 1.807) is 12.1 Å². The van der Waals surface area contributed by atoms with Crippen molar-refractivity contribution < 1.29 is 14.0 Å². The zero-order valence-electron chi connectivity index (χ0n) is 14.5. The molecule has 3 rings (SSSR count). The number of nitrogens with one attached hydrogen (secondary N) is 2. The molecular weight excluding hydrogens is 323 g/mol. The first-order valence-electron chi connectivity index (χ1n) is 8.87. The van der Waals surface area contributed by atoms with Crippen LogP contribution in [-0.2, 0) is 9.59 Å². The van der Waals surface area contributed by atoms with Crippen molar-refractivity contribution in [3.05, 3.63) is 30.1 Å². The Balaban J connectivity index is 1.50. The van der Waals surface area contributed by atoms with Crippen molar-refractivity contribution in [3.63, 3.8) is 0 Å². The molecular formula is C18H25FN4O2. The van der Waals surface area contributed by atoms with Gasteiger partial charge < -0.3 is 15.5 Å². The van der Waals surface area contributed by atoms with Crippen molar-refractivity contribution >= 4 is 17.5 Å². The Bertz CT molecular complexity index is 614. The summed E-state index contributed by atoms with van der Waals surface area (Å²) in [6.45, 7) is 5.64. The van der Waals surface area contributed by atoms with Gasteiger partial charge in [-0.2, -0.15) is 0 Å². The summed E-state index contributed by atoms with van der Waals surface area (Å²) >= 11 is 0. The number of anilines is 1. The SMILES string of the molecule is C[C@H](C(=O)N[C@H]1CCCNC1=O)N1CCN(c2ccc(F)cc2)CC1. The number of amides is 2. The average molecular weight is 348 g/mol. The van der Waals surface area contributed by atoms with Gasteiger partial charge in [-0.3, -0.25) is 14.5 Å². The fraction of sp³-hybridized carbons (Fsp3) is 0.556. The van der Waals surface area contributed by atoms with Crippen molar-refractivity contribution in [1.29, 1.82) is 0 Å². The Kier molecular flexibility index (Phi) is 5.53. The lowest BCUT2D eigenvalue weighted by Crippen LogP contribution is -2.57. The van der Waals surface area contributed by atoms with E-state index >= 15 is 0 Å². The number of halogens is 1. The van der Waals surface area contributed by atoms with Crippen molar-refractivity contribution in [2.24, 2.45) is 0 Å². The Hall–Kier alpha value is -2.15. The molecule has 2 N–H and O–H groups in total. The fourth-order valence-electron chi connectivity index (χ4n) is 3.39. The van der Waals surface area contributed by atoms with E-state index < -0.39 is 6.04 Å². The molecule has 1 aromatic rings. The van der Waals surface area contributed by atoms with Crippen molar-refractivity contribution in [2.75, 3.05) is 37.6 Å². The van der Waals surface area contributed by atoms with Gasteiger partial charge in [-0.05, 0) is 44.0 Å². The van der Waals surface area contributed by atoms with Gasteiger partial charge in [0.05, 0.1) is 6.04 Å². The van der Waals surface area contributed by atoms with Crippen molar-refractivity contribution in [2.45, 2.75) is 31.8 Å². The van der Waals surface area contributed by atoms with Gasteiger partial charge in [0.1, 0.15) is 11.9 Å². The number of piperazine rings is 1. The molecule has 1 aromatic carbocycles. The Labute approximate surface area is 147 Å². The normalized spacial score (nSPS) is 23.0. The van der Waals surface area contributed by atoms with Crippen LogP contribution < -0.4 is 15.5 Å². The van der Waals surface area contributed by atoms with Gasteiger partial charge in [0.15, 0.2) is 0 Å². The molecule has 2 fully saturated rings. The van der Waals surface area contributed by atoms with E-state index in [2.05, 4.69) is 20.4 Å². The molecule has 2 heterocycles. The third kappa shape index (κ3) is 4.28. The van der Waals surface area contributed by atoms with Crippen molar-refractivity contribution in [3.8, 4) is 0 Å². The summed E-state index contributed by atoms with van der Waals surface area (Å²) < 4.78 is 13.0. The summed E-state index contributed by atoms with van der Waals surface area (Å²) in [4.78, 5) is 28.5. The van der Waals surface area contributed by atoms with Crippen molar-refractivity contribution in [1.82, 2.24) is 15.5 Å². The summed E-state index contributed by atoms with van der Waals surface area (Å²) in [5.41, 5.74) is 0.997. The van der Waals surface area contributed by atoms with Gasteiger partial charge in [0, 0.05) is 38.4 Å². The summed E-state index contributed by atoms with van der Waals surface area (Å²) in [6.07, 6.45) is 1.59. The number of piperidine rings is 1. The van der Waals surface area contributed by atoms with Crippen LogP contribution in [0.2, 0.25) is 0 Å². The first kappa shape index (κ1) is 17.7. The third-order valence-electron chi connectivity index (χ3n) is 5.03. The molecule has 2 aliphatic rings. The highest BCUT2D eigenvalue weighted by Gasteiger charge is 2.29. The molecule has 2 amide bonds. The topological polar surface area (TPSA) is 64.7 Å². The number of hydrogen-bond donors (Lipinski definition) is 2. The minimum atomic E-state index is -0.413. The first-order chi connectivity index (χ1) is 12.0. The molecule has 2 aliphatic heterocycles. The Morgan fingerprint density at radius 1 is 1.24 bits per heavy atom. The van der Waals surface area contributed by atoms with Crippen LogP contribution in [0.3, 0.4) is 0 Å². The highest BCUT2D eigenvalue weighted by Crippen LogP contribution is 2.18. The maximum Gasteiger partial charge on any atom is 0.242 e. The zero-order chi connectivity index (χ0) is 17.8. The molecule has 0 spiro atoms. The molecule has 0 radical (unpaired) electrons. The van der Waals surface area contributed by atoms with Gasteiger partial charge in [0.25, 0.3) is 0 Å². The number of carbonyl (C=O) groups is 2. The Morgan fingerprint density at radius 2 is 1.92 bits per heavy atom. The minimum absolute atomic E-state index is 0.0899. The highest BCUT2D eigenvalue weighted by molar-refractivity contribution is 5.89. The maximum atomic E-state index is 13.0. The number of nitrogens with zero attached hydrogens (tertiary/aromatic N) is 2. The molecule has 0 unspecified atom stereocenters. The summed E-state index contributed by atoms with van der Waals surface area (Å²) in [5, 5.41) is 5.65. The van der Waals surface area contributed by atoms with Crippen LogP contribution in [-0.4, -0.2) is 61.5 Å². The Morgan fingerprint density at radius 3 is 2.56 bits per heavy atom. The first-order valence-corrected chi connectivity index (χ1v) is 8.87. The molecule has 0 saturated carbocycles. The lowest BCUT2D eigenvalue weighted by atomic mass is 10.1. The number of carbonyl (C=O) groups excluding carboxylic acids is 2. The van der Waals surface area contributed by atoms with Crippen LogP contribution in [0, 0.1) is 5.82 Å². The molecule has 2 saturated heterocycles. The van der Waals surface area contributed by atoms with Crippen LogP contribution in [0.5, 0.6) is 0 Å². The lowest BCUT2D eigenvalue weighted by Gasteiger charge is -2.39. The number of rotatable bonds is 4. The van der Waals surface area contributed by atoms with E-state index in [0.29, 0.717) is 13.0 Å². The zero-order valence-corrected chi connectivity index (χ0v) is 14.5. The van der Waals surface area contributed by atoms with Crippen LogP contribution in [0.4, 0.5) is 10.1 Å². The van der Waals surface area contributed by atoms with E-state index in [1.165, 1.54) is 12.1 Å². The van der Waals surface area contributed by atoms with E-state index in [-0.39, 0.29) is 23.7 Å². The molecule has 0 bridgehead atoms. The number of hydrogen-bond acceptors (Lipinski definition) is 4. The molecule has 25 heavy (non-hydrogen) atoms. The molecule has 0 aromatic heterocycles. The molecule has 0 aliphatic carbocycles. The molecule has 6 nitrogen and oxygen atoms in total. The standard InChI is InChI=1S/C18H25FN4O2/c1-13(17(24)21-16-3-2-8-20-18(16)25)22-9-11-23(12-10-22)15-6-4-14(19)5-7-15/h4-7,13,16H,2-3,8-12H2,1H3,(H,20,25)(H,21,24)/t13-,16+/m1/s1. The lowest BCUT2D eigenvalue weighted by molar-refractivity contribution is -0.132. The molecule has 136 valence electrons. The second-order valence-electron chi connectivity index (χ2n) is 6.67. The van der Waals surface area contributed by atoms with Gasteiger partial charge in [-0.25, -0.2) is 4.39 Å².